The van der Waals surface area contributed by atoms with Gasteiger partial charge in [-0.25, -0.2) is 9.07 Å². The summed E-state index contributed by atoms with van der Waals surface area (Å²) in [7, 11) is 3.45. The predicted octanol–water partition coefficient (Wildman–Crippen LogP) is 2.29. The minimum absolute atomic E-state index is 0.0262. The highest BCUT2D eigenvalue weighted by Gasteiger charge is 2.21. The Kier molecular flexibility index (Phi) is 4.18. The van der Waals surface area contributed by atoms with Crippen LogP contribution in [-0.4, -0.2) is 21.8 Å². The fraction of sp³-hybridized carbons (Fsp3) is 0.308. The van der Waals surface area contributed by atoms with E-state index in [4.69, 9.17) is 4.74 Å². The van der Waals surface area contributed by atoms with E-state index in [1.54, 1.807) is 14.1 Å². The lowest BCUT2D eigenvalue weighted by Gasteiger charge is -2.09. The number of halogens is 1. The molecule has 0 spiro atoms. The summed E-state index contributed by atoms with van der Waals surface area (Å²) in [5.74, 6) is -0.330. The Balaban J connectivity index is 2.45. The van der Waals surface area contributed by atoms with Gasteiger partial charge in [0.25, 0.3) is 0 Å². The molecule has 0 bridgehead atoms. The van der Waals surface area contributed by atoms with Crippen LogP contribution in [0.4, 0.5) is 10.1 Å². The highest BCUT2D eigenvalue weighted by atomic mass is 19.1. The molecule has 2 aromatic rings. The predicted molar refractivity (Wildman–Crippen MR) is 73.8 cm³/mol. The Bertz CT molecular complexity index is 684. The van der Waals surface area contributed by atoms with E-state index in [0.717, 1.165) is 23.4 Å². The maximum Gasteiger partial charge on any atom is 0.314 e. The number of hydrogen-bond donors (Lipinski definition) is 1. The number of nitro benzene ring substituents is 1. The highest BCUT2D eigenvalue weighted by Crippen LogP contribution is 2.34. The van der Waals surface area contributed by atoms with E-state index in [2.05, 4.69) is 10.4 Å². The number of aryl methyl sites for hydroxylation is 2. The summed E-state index contributed by atoms with van der Waals surface area (Å²) in [6.07, 6.45) is 0. The van der Waals surface area contributed by atoms with E-state index in [1.165, 1.54) is 10.7 Å². The van der Waals surface area contributed by atoms with E-state index < -0.39 is 16.4 Å². The third-order valence-corrected chi connectivity index (χ3v) is 2.97. The summed E-state index contributed by atoms with van der Waals surface area (Å²) in [6, 6.07) is 3.18. The molecule has 1 N–H and O–H groups in total. The molecule has 0 saturated carbocycles. The molecule has 7 nitrogen and oxygen atoms in total. The van der Waals surface area contributed by atoms with Gasteiger partial charge in [0.15, 0.2) is 0 Å². The lowest BCUT2D eigenvalue weighted by Crippen LogP contribution is -2.07. The van der Waals surface area contributed by atoms with E-state index in [1.807, 2.05) is 6.92 Å². The van der Waals surface area contributed by atoms with Gasteiger partial charge < -0.3 is 10.1 Å². The minimum atomic E-state index is -0.689. The molecular formula is C13H15FN4O3. The fourth-order valence-electron chi connectivity index (χ4n) is 2.01. The average Bonchev–Trinajstić information content (AvgIpc) is 2.68. The van der Waals surface area contributed by atoms with Crippen molar-refractivity contribution in [1.29, 1.82) is 0 Å². The lowest BCUT2D eigenvalue weighted by molar-refractivity contribution is -0.385. The van der Waals surface area contributed by atoms with Crippen LogP contribution in [0.5, 0.6) is 11.6 Å². The first-order valence-electron chi connectivity index (χ1n) is 6.23. The molecule has 0 unspecified atom stereocenters. The monoisotopic (exact) mass is 294 g/mol. The van der Waals surface area contributed by atoms with Crippen molar-refractivity contribution >= 4 is 5.69 Å². The molecule has 1 aromatic carbocycles. The summed E-state index contributed by atoms with van der Waals surface area (Å²) in [4.78, 5) is 10.3. The number of hydrogen-bond acceptors (Lipinski definition) is 5. The first kappa shape index (κ1) is 14.9. The summed E-state index contributed by atoms with van der Waals surface area (Å²) in [5.41, 5.74) is 1.12. The molecule has 0 amide bonds. The molecule has 0 aliphatic heterocycles. The van der Waals surface area contributed by atoms with E-state index >= 15 is 0 Å². The quantitative estimate of drug-likeness (QED) is 0.675. The van der Waals surface area contributed by atoms with Crippen molar-refractivity contribution in [2.24, 2.45) is 7.05 Å². The normalized spacial score (nSPS) is 10.7. The molecule has 0 aliphatic rings. The van der Waals surface area contributed by atoms with Gasteiger partial charge in [0.05, 0.1) is 22.2 Å². The summed E-state index contributed by atoms with van der Waals surface area (Å²) in [6.45, 7) is 2.32. The van der Waals surface area contributed by atoms with Gasteiger partial charge in [-0.1, -0.05) is 0 Å². The highest BCUT2D eigenvalue weighted by molar-refractivity contribution is 5.49. The van der Waals surface area contributed by atoms with Gasteiger partial charge in [0, 0.05) is 13.6 Å². The van der Waals surface area contributed by atoms with Gasteiger partial charge in [-0.05, 0) is 26.1 Å². The summed E-state index contributed by atoms with van der Waals surface area (Å²) in [5, 5.41) is 18.2. The molecule has 112 valence electrons. The number of aromatic nitrogens is 2. The summed E-state index contributed by atoms with van der Waals surface area (Å²) < 4.78 is 20.3. The number of rotatable bonds is 5. The minimum Gasteiger partial charge on any atom is -0.432 e. The van der Waals surface area contributed by atoms with Crippen LogP contribution in [0.3, 0.4) is 0 Å². The van der Waals surface area contributed by atoms with Crippen molar-refractivity contribution in [3.8, 4) is 11.6 Å². The van der Waals surface area contributed by atoms with Crippen LogP contribution in [0, 0.1) is 22.9 Å². The Morgan fingerprint density at radius 2 is 2.24 bits per heavy atom. The van der Waals surface area contributed by atoms with Gasteiger partial charge in [-0.3, -0.25) is 10.1 Å². The Morgan fingerprint density at radius 1 is 1.52 bits per heavy atom. The zero-order valence-electron chi connectivity index (χ0n) is 11.9. The molecule has 2 rings (SSSR count). The second-order valence-electron chi connectivity index (χ2n) is 4.49. The molecule has 8 heteroatoms. The van der Waals surface area contributed by atoms with Crippen molar-refractivity contribution in [1.82, 2.24) is 15.1 Å². The van der Waals surface area contributed by atoms with Crippen molar-refractivity contribution in [2.45, 2.75) is 13.5 Å². The molecule has 0 fully saturated rings. The standard InChI is InChI=1S/C13H15FN4O3/c1-8-10(7-15-2)13(17(3)16-8)21-12-5-4-9(14)6-11(12)18(19)20/h4-6,15H,7H2,1-3H3. The number of nitrogens with one attached hydrogen (secondary N) is 1. The molecule has 21 heavy (non-hydrogen) atoms. The third kappa shape index (κ3) is 3.00. The van der Waals surface area contributed by atoms with Crippen LogP contribution < -0.4 is 10.1 Å². The van der Waals surface area contributed by atoms with Crippen molar-refractivity contribution < 1.29 is 14.1 Å². The topological polar surface area (TPSA) is 82.2 Å². The molecule has 1 aromatic heterocycles. The zero-order chi connectivity index (χ0) is 15.6. The largest absolute Gasteiger partial charge is 0.432 e. The van der Waals surface area contributed by atoms with Crippen LogP contribution in [0.25, 0.3) is 0 Å². The van der Waals surface area contributed by atoms with Crippen molar-refractivity contribution in [2.75, 3.05) is 7.05 Å². The van der Waals surface area contributed by atoms with E-state index in [0.29, 0.717) is 12.4 Å². The van der Waals surface area contributed by atoms with Crippen LogP contribution >= 0.6 is 0 Å². The Hall–Kier alpha value is -2.48. The third-order valence-electron chi connectivity index (χ3n) is 2.97. The smallest absolute Gasteiger partial charge is 0.314 e. The Labute approximate surface area is 120 Å². The Morgan fingerprint density at radius 3 is 2.86 bits per heavy atom. The van der Waals surface area contributed by atoms with E-state index in [-0.39, 0.29) is 5.75 Å². The molecule has 0 aliphatic carbocycles. The molecule has 0 atom stereocenters. The van der Waals surface area contributed by atoms with Crippen LogP contribution in [0.15, 0.2) is 18.2 Å². The first-order valence-corrected chi connectivity index (χ1v) is 6.23. The summed E-state index contributed by atoms with van der Waals surface area (Å²) >= 11 is 0. The second-order valence-corrected chi connectivity index (χ2v) is 4.49. The molecule has 1 heterocycles. The fourth-order valence-corrected chi connectivity index (χ4v) is 2.01. The molecule has 0 saturated heterocycles. The average molecular weight is 294 g/mol. The second kappa shape index (κ2) is 5.88. The lowest BCUT2D eigenvalue weighted by atomic mass is 10.2. The maximum atomic E-state index is 13.1. The number of nitrogens with zero attached hydrogens (tertiary/aromatic N) is 3. The van der Waals surface area contributed by atoms with Gasteiger partial charge in [0.1, 0.15) is 5.82 Å². The van der Waals surface area contributed by atoms with Crippen LogP contribution in [-0.2, 0) is 13.6 Å². The first-order chi connectivity index (χ1) is 9.93. The van der Waals surface area contributed by atoms with Crippen molar-refractivity contribution in [3.05, 3.63) is 45.4 Å². The SMILES string of the molecule is CNCc1c(C)nn(C)c1Oc1ccc(F)cc1[N+](=O)[O-]. The van der Waals surface area contributed by atoms with Gasteiger partial charge >= 0.3 is 5.69 Å². The van der Waals surface area contributed by atoms with Gasteiger partial charge in [0.2, 0.25) is 11.6 Å². The van der Waals surface area contributed by atoms with E-state index in [9.17, 15) is 14.5 Å². The number of benzene rings is 1. The molecule has 0 radical (unpaired) electrons. The van der Waals surface area contributed by atoms with Gasteiger partial charge in [-0.2, -0.15) is 5.10 Å². The van der Waals surface area contributed by atoms with Gasteiger partial charge in [-0.15, -0.1) is 0 Å². The maximum absolute atomic E-state index is 13.1. The number of nitro groups is 1. The zero-order valence-corrected chi connectivity index (χ0v) is 11.9. The number of ether oxygens (including phenoxy) is 1. The van der Waals surface area contributed by atoms with Crippen LogP contribution in [0.2, 0.25) is 0 Å². The van der Waals surface area contributed by atoms with Crippen LogP contribution in [0.1, 0.15) is 11.3 Å². The van der Waals surface area contributed by atoms with Crippen molar-refractivity contribution in [3.63, 3.8) is 0 Å². The molecular weight excluding hydrogens is 279 g/mol.